The Bertz CT molecular complexity index is 478. The van der Waals surface area contributed by atoms with Gasteiger partial charge >= 0.3 is 5.97 Å². The summed E-state index contributed by atoms with van der Waals surface area (Å²) in [5, 5.41) is 8.87. The molecule has 1 atom stereocenters. The summed E-state index contributed by atoms with van der Waals surface area (Å²) in [6.07, 6.45) is 0.0160. The SMILES string of the molecule is CCN1CCOC(COc2ccc(C(=O)O)cc2N)C1. The average Bonchev–Trinajstić information content (AvgIpc) is 2.46. The number of morpholine rings is 1. The zero-order chi connectivity index (χ0) is 14.5. The smallest absolute Gasteiger partial charge is 0.335 e. The second kappa shape index (κ2) is 6.58. The fourth-order valence-corrected chi connectivity index (χ4v) is 2.16. The van der Waals surface area contributed by atoms with Gasteiger partial charge in [0.1, 0.15) is 18.5 Å². The molecule has 1 fully saturated rings. The Morgan fingerprint density at radius 1 is 1.60 bits per heavy atom. The highest BCUT2D eigenvalue weighted by atomic mass is 16.5. The summed E-state index contributed by atoms with van der Waals surface area (Å²) in [6, 6.07) is 4.46. The van der Waals surface area contributed by atoms with Crippen molar-refractivity contribution in [2.45, 2.75) is 13.0 Å². The Balaban J connectivity index is 1.92. The first kappa shape index (κ1) is 14.6. The molecule has 20 heavy (non-hydrogen) atoms. The Labute approximate surface area is 118 Å². The monoisotopic (exact) mass is 280 g/mol. The molecule has 110 valence electrons. The molecule has 1 aromatic carbocycles. The van der Waals surface area contributed by atoms with Crippen LogP contribution in [-0.4, -0.2) is 54.9 Å². The maximum absolute atomic E-state index is 10.8. The minimum Gasteiger partial charge on any atom is -0.489 e. The molecule has 0 aliphatic carbocycles. The van der Waals surface area contributed by atoms with Gasteiger partial charge in [0.2, 0.25) is 0 Å². The predicted molar refractivity (Wildman–Crippen MR) is 75.2 cm³/mol. The molecule has 6 heteroatoms. The number of nitrogens with zero attached hydrogens (tertiary/aromatic N) is 1. The van der Waals surface area contributed by atoms with Crippen LogP contribution in [0.5, 0.6) is 5.75 Å². The van der Waals surface area contributed by atoms with Gasteiger partial charge in [-0.2, -0.15) is 0 Å². The number of ether oxygens (including phenoxy) is 2. The molecule has 0 amide bonds. The summed E-state index contributed by atoms with van der Waals surface area (Å²) >= 11 is 0. The van der Waals surface area contributed by atoms with E-state index >= 15 is 0 Å². The Hall–Kier alpha value is -1.79. The number of nitrogen functional groups attached to an aromatic ring is 1. The van der Waals surface area contributed by atoms with Gasteiger partial charge in [-0.05, 0) is 24.7 Å². The van der Waals surface area contributed by atoms with Gasteiger partial charge in [0.25, 0.3) is 0 Å². The number of aromatic carboxylic acids is 1. The van der Waals surface area contributed by atoms with Crippen LogP contribution in [0.15, 0.2) is 18.2 Å². The highest BCUT2D eigenvalue weighted by Crippen LogP contribution is 2.23. The Morgan fingerprint density at radius 3 is 3.05 bits per heavy atom. The van der Waals surface area contributed by atoms with Gasteiger partial charge in [-0.1, -0.05) is 6.92 Å². The molecular weight excluding hydrogens is 260 g/mol. The lowest BCUT2D eigenvalue weighted by molar-refractivity contribution is -0.0463. The van der Waals surface area contributed by atoms with E-state index < -0.39 is 5.97 Å². The maximum atomic E-state index is 10.8. The molecule has 1 saturated heterocycles. The number of carboxylic acid groups (broad SMARTS) is 1. The second-order valence-corrected chi connectivity index (χ2v) is 4.75. The largest absolute Gasteiger partial charge is 0.489 e. The number of likely N-dealkylation sites (N-methyl/N-ethyl adjacent to an activating group) is 1. The van der Waals surface area contributed by atoms with Gasteiger partial charge in [0.05, 0.1) is 17.9 Å². The zero-order valence-electron chi connectivity index (χ0n) is 11.5. The molecule has 1 aliphatic rings. The van der Waals surface area contributed by atoms with Crippen LogP contribution in [0.2, 0.25) is 0 Å². The van der Waals surface area contributed by atoms with Crippen LogP contribution in [-0.2, 0) is 4.74 Å². The summed E-state index contributed by atoms with van der Waals surface area (Å²) in [4.78, 5) is 13.1. The van der Waals surface area contributed by atoms with E-state index in [9.17, 15) is 4.79 Å². The number of hydrogen-bond acceptors (Lipinski definition) is 5. The number of benzene rings is 1. The third kappa shape index (κ3) is 3.61. The number of hydrogen-bond donors (Lipinski definition) is 2. The quantitative estimate of drug-likeness (QED) is 0.785. The summed E-state index contributed by atoms with van der Waals surface area (Å²) in [5.41, 5.74) is 6.27. The molecule has 2 rings (SSSR count). The van der Waals surface area contributed by atoms with Gasteiger partial charge in [-0.15, -0.1) is 0 Å². The van der Waals surface area contributed by atoms with Crippen molar-refractivity contribution in [3.8, 4) is 5.75 Å². The summed E-state index contributed by atoms with van der Waals surface area (Å²) in [6.45, 7) is 6.01. The van der Waals surface area contributed by atoms with E-state index in [1.165, 1.54) is 12.1 Å². The fourth-order valence-electron chi connectivity index (χ4n) is 2.16. The Morgan fingerprint density at radius 2 is 2.40 bits per heavy atom. The first-order valence-corrected chi connectivity index (χ1v) is 6.69. The second-order valence-electron chi connectivity index (χ2n) is 4.75. The van der Waals surface area contributed by atoms with Crippen LogP contribution in [0, 0.1) is 0 Å². The molecule has 0 aromatic heterocycles. The van der Waals surface area contributed by atoms with Crippen LogP contribution < -0.4 is 10.5 Å². The standard InChI is InChI=1S/C14H20N2O4/c1-2-16-5-6-19-11(8-16)9-20-13-4-3-10(14(17)18)7-12(13)15/h3-4,7,11H,2,5-6,8-9,15H2,1H3,(H,17,18). The van der Waals surface area contributed by atoms with E-state index in [1.54, 1.807) is 6.07 Å². The average molecular weight is 280 g/mol. The minimum atomic E-state index is -1.00. The van der Waals surface area contributed by atoms with Crippen LogP contribution in [0.1, 0.15) is 17.3 Å². The van der Waals surface area contributed by atoms with E-state index in [4.69, 9.17) is 20.3 Å². The predicted octanol–water partition coefficient (Wildman–Crippen LogP) is 1.07. The first-order chi connectivity index (χ1) is 9.60. The van der Waals surface area contributed by atoms with E-state index in [0.717, 1.165) is 19.6 Å². The van der Waals surface area contributed by atoms with Crippen LogP contribution in [0.4, 0.5) is 5.69 Å². The minimum absolute atomic E-state index is 0.0160. The van der Waals surface area contributed by atoms with Crippen molar-refractivity contribution in [2.24, 2.45) is 0 Å². The number of carboxylic acids is 1. The van der Waals surface area contributed by atoms with Crippen molar-refractivity contribution in [1.82, 2.24) is 4.90 Å². The van der Waals surface area contributed by atoms with Crippen LogP contribution in [0.3, 0.4) is 0 Å². The van der Waals surface area contributed by atoms with E-state index in [1.807, 2.05) is 0 Å². The van der Waals surface area contributed by atoms with Gasteiger partial charge in [-0.3, -0.25) is 4.90 Å². The maximum Gasteiger partial charge on any atom is 0.335 e. The van der Waals surface area contributed by atoms with E-state index in [2.05, 4.69) is 11.8 Å². The van der Waals surface area contributed by atoms with Crippen molar-refractivity contribution in [3.63, 3.8) is 0 Å². The number of carbonyl (C=O) groups is 1. The normalized spacial score (nSPS) is 19.8. The van der Waals surface area contributed by atoms with Crippen LogP contribution in [0.25, 0.3) is 0 Å². The van der Waals surface area contributed by atoms with Crippen LogP contribution >= 0.6 is 0 Å². The van der Waals surface area contributed by atoms with Gasteiger partial charge < -0.3 is 20.3 Å². The Kier molecular flexibility index (Phi) is 4.81. The zero-order valence-corrected chi connectivity index (χ0v) is 11.5. The topological polar surface area (TPSA) is 85.0 Å². The first-order valence-electron chi connectivity index (χ1n) is 6.69. The van der Waals surface area contributed by atoms with Gasteiger partial charge in [0.15, 0.2) is 0 Å². The molecule has 1 heterocycles. The third-order valence-corrected chi connectivity index (χ3v) is 3.35. The van der Waals surface area contributed by atoms with E-state index in [-0.39, 0.29) is 11.7 Å². The number of rotatable bonds is 5. The molecule has 1 unspecified atom stereocenters. The van der Waals surface area contributed by atoms with E-state index in [0.29, 0.717) is 24.7 Å². The molecular formula is C14H20N2O4. The van der Waals surface area contributed by atoms with Crippen molar-refractivity contribution in [2.75, 3.05) is 38.6 Å². The molecule has 0 spiro atoms. The fraction of sp³-hybridized carbons (Fsp3) is 0.500. The van der Waals surface area contributed by atoms with Crippen molar-refractivity contribution in [1.29, 1.82) is 0 Å². The van der Waals surface area contributed by atoms with Crippen molar-refractivity contribution in [3.05, 3.63) is 23.8 Å². The van der Waals surface area contributed by atoms with Gasteiger partial charge in [-0.25, -0.2) is 4.79 Å². The number of nitrogens with two attached hydrogens (primary N) is 1. The number of anilines is 1. The summed E-state index contributed by atoms with van der Waals surface area (Å²) in [7, 11) is 0. The molecule has 1 aromatic rings. The molecule has 0 saturated carbocycles. The van der Waals surface area contributed by atoms with Gasteiger partial charge in [0, 0.05) is 13.1 Å². The lowest BCUT2D eigenvalue weighted by Gasteiger charge is -2.31. The lowest BCUT2D eigenvalue weighted by atomic mass is 10.2. The molecule has 6 nitrogen and oxygen atoms in total. The highest BCUT2D eigenvalue weighted by molar-refractivity contribution is 5.89. The summed E-state index contributed by atoms with van der Waals surface area (Å²) < 4.78 is 11.3. The lowest BCUT2D eigenvalue weighted by Crippen LogP contribution is -2.44. The molecule has 1 aliphatic heterocycles. The molecule has 0 radical (unpaired) electrons. The van der Waals surface area contributed by atoms with Crippen molar-refractivity contribution >= 4 is 11.7 Å². The molecule has 3 N–H and O–H groups in total. The third-order valence-electron chi connectivity index (χ3n) is 3.35. The molecule has 0 bridgehead atoms. The highest BCUT2D eigenvalue weighted by Gasteiger charge is 2.20. The van der Waals surface area contributed by atoms with Crippen molar-refractivity contribution < 1.29 is 19.4 Å². The summed E-state index contributed by atoms with van der Waals surface area (Å²) in [5.74, 6) is -0.510.